The first kappa shape index (κ1) is 18.0. The van der Waals surface area contributed by atoms with Crippen molar-refractivity contribution in [3.05, 3.63) is 24.3 Å². The van der Waals surface area contributed by atoms with Crippen LogP contribution in [0, 0.1) is 5.92 Å². The van der Waals surface area contributed by atoms with Crippen LogP contribution in [0.2, 0.25) is 0 Å². The fourth-order valence-electron chi connectivity index (χ4n) is 2.00. The molecule has 22 heavy (non-hydrogen) atoms. The number of hydrogen-bond donors (Lipinski definition) is 3. The van der Waals surface area contributed by atoms with E-state index in [4.69, 9.17) is 0 Å². The second-order valence-corrected chi connectivity index (χ2v) is 5.67. The zero-order chi connectivity index (χ0) is 16.5. The summed E-state index contributed by atoms with van der Waals surface area (Å²) in [6, 6.07) is 7.05. The van der Waals surface area contributed by atoms with Gasteiger partial charge in [0.1, 0.15) is 0 Å². The zero-order valence-corrected chi connectivity index (χ0v) is 13.9. The van der Waals surface area contributed by atoms with Gasteiger partial charge >= 0.3 is 6.03 Å². The van der Waals surface area contributed by atoms with Gasteiger partial charge in [-0.2, -0.15) is 0 Å². The smallest absolute Gasteiger partial charge is 0.319 e. The van der Waals surface area contributed by atoms with Crippen molar-refractivity contribution in [2.45, 2.75) is 53.0 Å². The highest BCUT2D eigenvalue weighted by molar-refractivity contribution is 5.94. The quantitative estimate of drug-likeness (QED) is 0.713. The highest BCUT2D eigenvalue weighted by atomic mass is 16.2. The monoisotopic (exact) mass is 305 g/mol. The molecule has 122 valence electrons. The van der Waals surface area contributed by atoms with E-state index in [0.717, 1.165) is 19.3 Å². The van der Waals surface area contributed by atoms with E-state index in [9.17, 15) is 9.59 Å². The zero-order valence-electron chi connectivity index (χ0n) is 13.9. The molecule has 0 aliphatic carbocycles. The van der Waals surface area contributed by atoms with Gasteiger partial charge in [0.2, 0.25) is 5.91 Å². The lowest BCUT2D eigenvalue weighted by molar-refractivity contribution is -0.119. The van der Waals surface area contributed by atoms with E-state index >= 15 is 0 Å². The Morgan fingerprint density at radius 1 is 1.09 bits per heavy atom. The van der Waals surface area contributed by atoms with E-state index in [-0.39, 0.29) is 23.9 Å². The van der Waals surface area contributed by atoms with Gasteiger partial charge in [-0.05, 0) is 38.0 Å². The van der Waals surface area contributed by atoms with Crippen LogP contribution < -0.4 is 16.0 Å². The standard InChI is InChI=1S/C17H27N3O2/c1-5-8-12(3)16(21)19-14-9-7-10-15(11-14)20-17(22)18-13(4)6-2/h7,9-13H,5-6,8H2,1-4H3,(H,19,21)(H2,18,20,22). The second-order valence-electron chi connectivity index (χ2n) is 5.67. The number of hydrogen-bond acceptors (Lipinski definition) is 2. The van der Waals surface area contributed by atoms with Crippen molar-refractivity contribution in [2.24, 2.45) is 5.92 Å². The van der Waals surface area contributed by atoms with Crippen LogP contribution in [-0.2, 0) is 4.79 Å². The van der Waals surface area contributed by atoms with E-state index < -0.39 is 0 Å². The van der Waals surface area contributed by atoms with Crippen LogP contribution in [0.1, 0.15) is 47.0 Å². The first-order valence-corrected chi connectivity index (χ1v) is 7.94. The van der Waals surface area contributed by atoms with Gasteiger partial charge in [-0.25, -0.2) is 4.79 Å². The summed E-state index contributed by atoms with van der Waals surface area (Å²) < 4.78 is 0. The number of anilines is 2. The Labute approximate surface area is 132 Å². The molecule has 0 fully saturated rings. The molecule has 2 unspecified atom stereocenters. The molecular weight excluding hydrogens is 278 g/mol. The molecule has 5 heteroatoms. The van der Waals surface area contributed by atoms with Crippen molar-refractivity contribution >= 4 is 23.3 Å². The Morgan fingerprint density at radius 2 is 1.73 bits per heavy atom. The van der Waals surface area contributed by atoms with Gasteiger partial charge in [0.15, 0.2) is 0 Å². The average Bonchev–Trinajstić information content (AvgIpc) is 2.47. The van der Waals surface area contributed by atoms with Crippen molar-refractivity contribution in [1.82, 2.24) is 5.32 Å². The van der Waals surface area contributed by atoms with Crippen molar-refractivity contribution in [3.63, 3.8) is 0 Å². The molecule has 0 saturated carbocycles. The summed E-state index contributed by atoms with van der Waals surface area (Å²) in [5, 5.41) is 8.49. The third kappa shape index (κ3) is 6.16. The van der Waals surface area contributed by atoms with Crippen LogP contribution in [0.4, 0.5) is 16.2 Å². The molecule has 0 saturated heterocycles. The largest absolute Gasteiger partial charge is 0.335 e. The minimum absolute atomic E-state index is 0.00283. The van der Waals surface area contributed by atoms with Crippen molar-refractivity contribution in [3.8, 4) is 0 Å². The molecule has 0 aromatic heterocycles. The van der Waals surface area contributed by atoms with Crippen LogP contribution in [0.5, 0.6) is 0 Å². The Balaban J connectivity index is 2.62. The molecule has 0 spiro atoms. The van der Waals surface area contributed by atoms with Gasteiger partial charge in [-0.3, -0.25) is 4.79 Å². The fourth-order valence-corrected chi connectivity index (χ4v) is 2.00. The van der Waals surface area contributed by atoms with Crippen LogP contribution in [0.3, 0.4) is 0 Å². The Kier molecular flexibility index (Phi) is 7.43. The molecule has 2 atom stereocenters. The summed E-state index contributed by atoms with van der Waals surface area (Å²) in [6.45, 7) is 7.94. The molecule has 0 aliphatic heterocycles. The SMILES string of the molecule is CCCC(C)C(=O)Nc1cccc(NC(=O)NC(C)CC)c1. The van der Waals surface area contributed by atoms with Crippen LogP contribution in [-0.4, -0.2) is 18.0 Å². The maximum Gasteiger partial charge on any atom is 0.319 e. The minimum atomic E-state index is -0.239. The number of carbonyl (C=O) groups excluding carboxylic acids is 2. The number of rotatable bonds is 7. The number of amides is 3. The van der Waals surface area contributed by atoms with Crippen molar-refractivity contribution < 1.29 is 9.59 Å². The van der Waals surface area contributed by atoms with Gasteiger partial charge in [0.05, 0.1) is 0 Å². The van der Waals surface area contributed by atoms with Crippen LogP contribution in [0.25, 0.3) is 0 Å². The molecule has 1 aromatic carbocycles. The normalized spacial score (nSPS) is 13.1. The molecule has 3 amide bonds. The number of carbonyl (C=O) groups is 2. The van der Waals surface area contributed by atoms with Gasteiger partial charge in [-0.1, -0.05) is 33.3 Å². The van der Waals surface area contributed by atoms with E-state index in [0.29, 0.717) is 11.4 Å². The fraction of sp³-hybridized carbons (Fsp3) is 0.529. The Morgan fingerprint density at radius 3 is 2.32 bits per heavy atom. The van der Waals surface area contributed by atoms with E-state index in [1.165, 1.54) is 0 Å². The Bertz CT molecular complexity index is 502. The first-order valence-electron chi connectivity index (χ1n) is 7.94. The predicted molar refractivity (Wildman–Crippen MR) is 91.1 cm³/mol. The molecule has 0 radical (unpaired) electrons. The van der Waals surface area contributed by atoms with Gasteiger partial charge in [0.25, 0.3) is 0 Å². The van der Waals surface area contributed by atoms with Gasteiger partial charge < -0.3 is 16.0 Å². The summed E-state index contributed by atoms with van der Waals surface area (Å²) in [5.41, 5.74) is 1.34. The van der Waals surface area contributed by atoms with Gasteiger partial charge in [0, 0.05) is 23.3 Å². The molecule has 0 aliphatic rings. The molecule has 1 aromatic rings. The molecule has 5 nitrogen and oxygen atoms in total. The summed E-state index contributed by atoms with van der Waals surface area (Å²) in [7, 11) is 0. The van der Waals surface area contributed by atoms with E-state index in [1.807, 2.05) is 26.8 Å². The maximum absolute atomic E-state index is 12.0. The van der Waals surface area contributed by atoms with E-state index in [2.05, 4.69) is 22.9 Å². The minimum Gasteiger partial charge on any atom is -0.335 e. The third-order valence-electron chi connectivity index (χ3n) is 3.55. The van der Waals surface area contributed by atoms with Crippen molar-refractivity contribution in [2.75, 3.05) is 10.6 Å². The highest BCUT2D eigenvalue weighted by Gasteiger charge is 2.12. The van der Waals surface area contributed by atoms with Gasteiger partial charge in [-0.15, -0.1) is 0 Å². The average molecular weight is 305 g/mol. The summed E-state index contributed by atoms with van der Waals surface area (Å²) in [5.74, 6) is -0.0154. The van der Waals surface area contributed by atoms with Crippen LogP contribution in [0.15, 0.2) is 24.3 Å². The van der Waals surface area contributed by atoms with Crippen molar-refractivity contribution in [1.29, 1.82) is 0 Å². The number of urea groups is 1. The summed E-state index contributed by atoms with van der Waals surface area (Å²) >= 11 is 0. The third-order valence-corrected chi connectivity index (χ3v) is 3.55. The number of benzene rings is 1. The number of nitrogens with one attached hydrogen (secondary N) is 3. The summed E-state index contributed by atoms with van der Waals surface area (Å²) in [6.07, 6.45) is 2.71. The molecule has 1 rings (SSSR count). The Hall–Kier alpha value is -2.04. The first-order chi connectivity index (χ1) is 10.5. The molecule has 0 bridgehead atoms. The summed E-state index contributed by atoms with van der Waals surface area (Å²) in [4.78, 5) is 23.8. The lowest BCUT2D eigenvalue weighted by Gasteiger charge is -2.14. The topological polar surface area (TPSA) is 70.2 Å². The predicted octanol–water partition coefficient (Wildman–Crippen LogP) is 3.98. The van der Waals surface area contributed by atoms with E-state index in [1.54, 1.807) is 18.2 Å². The molecular formula is C17H27N3O2. The lowest BCUT2D eigenvalue weighted by atomic mass is 10.1. The highest BCUT2D eigenvalue weighted by Crippen LogP contribution is 2.17. The second kappa shape index (κ2) is 9.07. The molecule has 0 heterocycles. The molecule has 3 N–H and O–H groups in total. The maximum atomic E-state index is 12.0. The lowest BCUT2D eigenvalue weighted by Crippen LogP contribution is -2.35. The van der Waals surface area contributed by atoms with Crippen LogP contribution >= 0.6 is 0 Å².